The summed E-state index contributed by atoms with van der Waals surface area (Å²) in [6, 6.07) is 9.15. The van der Waals surface area contributed by atoms with Gasteiger partial charge < -0.3 is 10.0 Å². The molecule has 144 valence electrons. The van der Waals surface area contributed by atoms with Gasteiger partial charge in [-0.25, -0.2) is 8.42 Å². The lowest BCUT2D eigenvalue weighted by Crippen LogP contribution is -2.53. The summed E-state index contributed by atoms with van der Waals surface area (Å²) >= 11 is 0. The Morgan fingerprint density at radius 1 is 1.08 bits per heavy atom. The van der Waals surface area contributed by atoms with Crippen LogP contribution in [0.4, 0.5) is 0 Å². The van der Waals surface area contributed by atoms with E-state index in [1.54, 1.807) is 4.90 Å². The van der Waals surface area contributed by atoms with E-state index in [1.165, 1.54) is 4.31 Å². The molecular weight excluding hydrogens is 354 g/mol. The van der Waals surface area contributed by atoms with Crippen LogP contribution in [0.2, 0.25) is 0 Å². The maximum atomic E-state index is 12.6. The number of hydrogen-bond donors (Lipinski definition) is 1. The van der Waals surface area contributed by atoms with Crippen molar-refractivity contribution in [3.8, 4) is 0 Å². The maximum absolute atomic E-state index is 12.6. The third-order valence-electron chi connectivity index (χ3n) is 5.02. The number of rotatable bonds is 5. The largest absolute Gasteiger partial charge is 0.392 e. The molecule has 1 unspecified atom stereocenters. The van der Waals surface area contributed by atoms with Crippen molar-refractivity contribution >= 4 is 15.9 Å². The summed E-state index contributed by atoms with van der Waals surface area (Å²) < 4.78 is 26.6. The number of amides is 1. The first-order valence-corrected chi connectivity index (χ1v) is 10.7. The van der Waals surface area contributed by atoms with Gasteiger partial charge in [0.15, 0.2) is 0 Å². The third-order valence-corrected chi connectivity index (χ3v) is 6.87. The molecule has 2 saturated heterocycles. The standard InChI is InChI=1S/C18H27N3O4S/c22-17-7-4-8-19(13-17)14-18(23)20-9-11-21(12-10-20)26(24,25)15-16-5-2-1-3-6-16/h1-3,5-6,17,22H,4,7-15H2. The van der Waals surface area contributed by atoms with Gasteiger partial charge in [0.05, 0.1) is 18.4 Å². The van der Waals surface area contributed by atoms with Crippen LogP contribution < -0.4 is 0 Å². The first-order chi connectivity index (χ1) is 12.4. The van der Waals surface area contributed by atoms with Crippen molar-refractivity contribution in [2.45, 2.75) is 24.7 Å². The first-order valence-electron chi connectivity index (χ1n) is 9.14. The molecule has 0 aliphatic carbocycles. The van der Waals surface area contributed by atoms with Gasteiger partial charge in [-0.2, -0.15) is 4.31 Å². The van der Waals surface area contributed by atoms with E-state index in [0.717, 1.165) is 24.9 Å². The Balaban J connectivity index is 1.49. The monoisotopic (exact) mass is 381 g/mol. The van der Waals surface area contributed by atoms with E-state index in [0.29, 0.717) is 39.3 Å². The minimum atomic E-state index is -3.37. The normalized spacial score (nSPS) is 23.1. The number of carbonyl (C=O) groups is 1. The Bertz CT molecular complexity index is 702. The summed E-state index contributed by atoms with van der Waals surface area (Å²) in [6.45, 7) is 3.18. The Morgan fingerprint density at radius 2 is 1.77 bits per heavy atom. The molecule has 7 nitrogen and oxygen atoms in total. The zero-order valence-corrected chi connectivity index (χ0v) is 15.8. The quantitative estimate of drug-likeness (QED) is 0.783. The van der Waals surface area contributed by atoms with Crippen molar-refractivity contribution < 1.29 is 18.3 Å². The van der Waals surface area contributed by atoms with E-state index in [1.807, 2.05) is 35.2 Å². The highest BCUT2D eigenvalue weighted by atomic mass is 32.2. The molecule has 26 heavy (non-hydrogen) atoms. The molecule has 2 aliphatic heterocycles. The van der Waals surface area contributed by atoms with Crippen LogP contribution in [0.25, 0.3) is 0 Å². The van der Waals surface area contributed by atoms with Crippen LogP contribution in [-0.2, 0) is 20.6 Å². The Morgan fingerprint density at radius 3 is 2.42 bits per heavy atom. The summed E-state index contributed by atoms with van der Waals surface area (Å²) in [5, 5.41) is 9.71. The molecule has 1 aromatic carbocycles. The zero-order chi connectivity index (χ0) is 18.6. The molecule has 1 atom stereocenters. The van der Waals surface area contributed by atoms with Gasteiger partial charge in [0, 0.05) is 32.7 Å². The molecule has 0 saturated carbocycles. The molecule has 1 aromatic rings. The fourth-order valence-corrected chi connectivity index (χ4v) is 5.07. The minimum absolute atomic E-state index is 0.00650. The lowest BCUT2D eigenvalue weighted by atomic mass is 10.1. The van der Waals surface area contributed by atoms with Crippen LogP contribution in [-0.4, -0.2) is 85.5 Å². The van der Waals surface area contributed by atoms with Crippen LogP contribution >= 0.6 is 0 Å². The highest BCUT2D eigenvalue weighted by molar-refractivity contribution is 7.88. The van der Waals surface area contributed by atoms with Crippen molar-refractivity contribution in [2.75, 3.05) is 45.8 Å². The lowest BCUT2D eigenvalue weighted by Gasteiger charge is -2.36. The molecule has 0 spiro atoms. The summed E-state index contributed by atoms with van der Waals surface area (Å²) in [4.78, 5) is 16.2. The second-order valence-electron chi connectivity index (χ2n) is 7.05. The fourth-order valence-electron chi connectivity index (χ4n) is 3.56. The predicted molar refractivity (Wildman–Crippen MR) is 98.9 cm³/mol. The summed E-state index contributed by atoms with van der Waals surface area (Å²) in [5.74, 6) is 0.00666. The average molecular weight is 381 g/mol. The first kappa shape index (κ1) is 19.3. The molecular formula is C18H27N3O4S. The number of piperidine rings is 1. The molecule has 1 amide bonds. The van der Waals surface area contributed by atoms with Gasteiger partial charge in [-0.3, -0.25) is 9.69 Å². The van der Waals surface area contributed by atoms with Crippen molar-refractivity contribution in [1.29, 1.82) is 0 Å². The van der Waals surface area contributed by atoms with E-state index in [-0.39, 0.29) is 17.8 Å². The highest BCUT2D eigenvalue weighted by Crippen LogP contribution is 2.15. The topological polar surface area (TPSA) is 81.2 Å². The van der Waals surface area contributed by atoms with E-state index in [2.05, 4.69) is 0 Å². The number of benzene rings is 1. The third kappa shape index (κ3) is 5.03. The molecule has 3 rings (SSSR count). The molecule has 0 bridgehead atoms. The number of aliphatic hydroxyl groups is 1. The van der Waals surface area contributed by atoms with E-state index in [4.69, 9.17) is 0 Å². The second-order valence-corrected chi connectivity index (χ2v) is 9.02. The number of β-amino-alcohol motifs (C(OH)–C–C–N with tert-alkyl or cyclic N) is 1. The van der Waals surface area contributed by atoms with Gasteiger partial charge in [0.2, 0.25) is 15.9 Å². The van der Waals surface area contributed by atoms with Gasteiger partial charge in [0.25, 0.3) is 0 Å². The summed E-state index contributed by atoms with van der Waals surface area (Å²) in [6.07, 6.45) is 1.35. The number of aliphatic hydroxyl groups excluding tert-OH is 1. The highest BCUT2D eigenvalue weighted by Gasteiger charge is 2.30. The second kappa shape index (κ2) is 8.47. The van der Waals surface area contributed by atoms with Crippen molar-refractivity contribution in [3.05, 3.63) is 35.9 Å². The number of likely N-dealkylation sites (tertiary alicyclic amines) is 1. The smallest absolute Gasteiger partial charge is 0.236 e. The van der Waals surface area contributed by atoms with Gasteiger partial charge in [0.1, 0.15) is 0 Å². The Labute approximate surface area is 155 Å². The van der Waals surface area contributed by atoms with Crippen LogP contribution in [0, 0.1) is 0 Å². The van der Waals surface area contributed by atoms with E-state index in [9.17, 15) is 18.3 Å². The van der Waals surface area contributed by atoms with Crippen LogP contribution in [0.15, 0.2) is 30.3 Å². The SMILES string of the molecule is O=C(CN1CCCC(O)C1)N1CCN(S(=O)(=O)Cc2ccccc2)CC1. The predicted octanol–water partition coefficient (Wildman–Crippen LogP) is 0.117. The van der Waals surface area contributed by atoms with Crippen LogP contribution in [0.1, 0.15) is 18.4 Å². The zero-order valence-electron chi connectivity index (χ0n) is 15.0. The van der Waals surface area contributed by atoms with E-state index < -0.39 is 10.0 Å². The fraction of sp³-hybridized carbons (Fsp3) is 0.611. The van der Waals surface area contributed by atoms with Gasteiger partial charge in [-0.05, 0) is 24.9 Å². The van der Waals surface area contributed by atoms with Gasteiger partial charge in [-0.15, -0.1) is 0 Å². The number of hydrogen-bond acceptors (Lipinski definition) is 5. The van der Waals surface area contributed by atoms with Gasteiger partial charge in [-0.1, -0.05) is 30.3 Å². The van der Waals surface area contributed by atoms with E-state index >= 15 is 0 Å². The summed E-state index contributed by atoms with van der Waals surface area (Å²) in [5.41, 5.74) is 0.773. The minimum Gasteiger partial charge on any atom is -0.392 e. The molecule has 2 heterocycles. The summed E-state index contributed by atoms with van der Waals surface area (Å²) in [7, 11) is -3.37. The average Bonchev–Trinajstić information content (AvgIpc) is 2.62. The molecule has 0 radical (unpaired) electrons. The number of nitrogens with zero attached hydrogens (tertiary/aromatic N) is 3. The number of piperazine rings is 1. The lowest BCUT2D eigenvalue weighted by molar-refractivity contribution is -0.134. The molecule has 2 fully saturated rings. The Hall–Kier alpha value is -1.48. The molecule has 1 N–H and O–H groups in total. The Kier molecular flexibility index (Phi) is 6.29. The van der Waals surface area contributed by atoms with Crippen LogP contribution in [0.3, 0.4) is 0 Å². The van der Waals surface area contributed by atoms with Crippen molar-refractivity contribution in [1.82, 2.24) is 14.1 Å². The number of sulfonamides is 1. The molecule has 8 heteroatoms. The van der Waals surface area contributed by atoms with Crippen molar-refractivity contribution in [3.63, 3.8) is 0 Å². The molecule has 2 aliphatic rings. The molecule has 0 aromatic heterocycles. The number of carbonyl (C=O) groups excluding carboxylic acids is 1. The van der Waals surface area contributed by atoms with Crippen LogP contribution in [0.5, 0.6) is 0 Å². The van der Waals surface area contributed by atoms with Crippen molar-refractivity contribution in [2.24, 2.45) is 0 Å². The van der Waals surface area contributed by atoms with Gasteiger partial charge >= 0.3 is 0 Å². The maximum Gasteiger partial charge on any atom is 0.236 e.